The Kier molecular flexibility index (Phi) is 3.58. The first-order chi connectivity index (χ1) is 8.18. The minimum atomic E-state index is -0.491. The molecule has 1 saturated heterocycles. The molecule has 1 aliphatic rings. The summed E-state index contributed by atoms with van der Waals surface area (Å²) < 4.78 is 5.75. The van der Waals surface area contributed by atoms with Crippen molar-refractivity contribution in [2.24, 2.45) is 5.73 Å². The Bertz CT molecular complexity index is 414. The zero-order valence-electron chi connectivity index (χ0n) is 9.90. The maximum Gasteiger partial charge on any atom is 0.254 e. The molecule has 0 spiro atoms. The summed E-state index contributed by atoms with van der Waals surface area (Å²) in [5.41, 5.74) is 6.53. The van der Waals surface area contributed by atoms with E-state index in [1.165, 1.54) is 0 Å². The van der Waals surface area contributed by atoms with Gasteiger partial charge in [-0.1, -0.05) is 0 Å². The Morgan fingerprint density at radius 1 is 1.65 bits per heavy atom. The lowest BCUT2D eigenvalue weighted by Gasteiger charge is -2.24. The maximum absolute atomic E-state index is 11.4. The summed E-state index contributed by atoms with van der Waals surface area (Å²) in [6.45, 7) is 3.63. The largest absolute Gasteiger partial charge is 0.472 e. The molecule has 1 amide bonds. The van der Waals surface area contributed by atoms with Gasteiger partial charge in [0.1, 0.15) is 11.7 Å². The summed E-state index contributed by atoms with van der Waals surface area (Å²) in [7, 11) is 0. The SMILES string of the molecule is Cc1ccnc(O[C@H]2CCCNC2)c1C(N)=O. The van der Waals surface area contributed by atoms with Gasteiger partial charge in [0.2, 0.25) is 5.88 Å². The van der Waals surface area contributed by atoms with Gasteiger partial charge in [-0.2, -0.15) is 0 Å². The standard InChI is InChI=1S/C12H17N3O2/c1-8-4-6-15-12(10(8)11(13)16)17-9-3-2-5-14-7-9/h4,6,9,14H,2-3,5,7H2,1H3,(H2,13,16)/t9-/m0/s1. The van der Waals surface area contributed by atoms with E-state index in [0.29, 0.717) is 11.4 Å². The van der Waals surface area contributed by atoms with Crippen molar-refractivity contribution in [1.29, 1.82) is 0 Å². The second-order valence-corrected chi connectivity index (χ2v) is 4.26. The molecule has 0 unspecified atom stereocenters. The van der Waals surface area contributed by atoms with E-state index >= 15 is 0 Å². The van der Waals surface area contributed by atoms with Crippen LogP contribution in [0, 0.1) is 6.92 Å². The van der Waals surface area contributed by atoms with E-state index in [4.69, 9.17) is 10.5 Å². The first-order valence-electron chi connectivity index (χ1n) is 5.81. The Morgan fingerprint density at radius 3 is 3.12 bits per heavy atom. The number of carbonyl (C=O) groups excluding carboxylic acids is 1. The number of aryl methyl sites for hydroxylation is 1. The molecule has 0 saturated carbocycles. The minimum absolute atomic E-state index is 0.0659. The third-order valence-corrected chi connectivity index (χ3v) is 2.90. The second kappa shape index (κ2) is 5.14. The lowest BCUT2D eigenvalue weighted by molar-refractivity contribution is 0.0986. The van der Waals surface area contributed by atoms with Crippen LogP contribution in [0.5, 0.6) is 5.88 Å². The fourth-order valence-electron chi connectivity index (χ4n) is 2.00. The quantitative estimate of drug-likeness (QED) is 0.805. The number of amides is 1. The number of nitrogens with one attached hydrogen (secondary N) is 1. The van der Waals surface area contributed by atoms with E-state index in [2.05, 4.69) is 10.3 Å². The lowest BCUT2D eigenvalue weighted by atomic mass is 10.1. The van der Waals surface area contributed by atoms with E-state index in [1.807, 2.05) is 6.92 Å². The van der Waals surface area contributed by atoms with Crippen molar-refractivity contribution in [3.63, 3.8) is 0 Å². The van der Waals surface area contributed by atoms with Gasteiger partial charge in [-0.05, 0) is 37.9 Å². The fraction of sp³-hybridized carbons (Fsp3) is 0.500. The Balaban J connectivity index is 2.19. The van der Waals surface area contributed by atoms with Crippen LogP contribution in [0.3, 0.4) is 0 Å². The van der Waals surface area contributed by atoms with E-state index in [0.717, 1.165) is 31.5 Å². The fourth-order valence-corrected chi connectivity index (χ4v) is 2.00. The predicted octanol–water partition coefficient (Wildman–Crippen LogP) is 0.620. The number of piperidine rings is 1. The number of carbonyl (C=O) groups is 1. The summed E-state index contributed by atoms with van der Waals surface area (Å²) in [5.74, 6) is -0.138. The third-order valence-electron chi connectivity index (χ3n) is 2.90. The van der Waals surface area contributed by atoms with Crippen LogP contribution in [-0.4, -0.2) is 30.1 Å². The van der Waals surface area contributed by atoms with Gasteiger partial charge in [-0.3, -0.25) is 4.79 Å². The molecule has 2 heterocycles. The molecule has 1 aliphatic heterocycles. The second-order valence-electron chi connectivity index (χ2n) is 4.26. The van der Waals surface area contributed by atoms with Gasteiger partial charge in [0.05, 0.1) is 0 Å². The van der Waals surface area contributed by atoms with Gasteiger partial charge < -0.3 is 15.8 Å². The first-order valence-corrected chi connectivity index (χ1v) is 5.81. The molecule has 0 bridgehead atoms. The molecule has 0 aromatic carbocycles. The molecule has 17 heavy (non-hydrogen) atoms. The van der Waals surface area contributed by atoms with E-state index < -0.39 is 5.91 Å². The summed E-state index contributed by atoms with van der Waals surface area (Å²) >= 11 is 0. The third kappa shape index (κ3) is 2.74. The van der Waals surface area contributed by atoms with Crippen LogP contribution in [0.15, 0.2) is 12.3 Å². The van der Waals surface area contributed by atoms with Gasteiger partial charge in [-0.25, -0.2) is 4.98 Å². The molecular weight excluding hydrogens is 218 g/mol. The Hall–Kier alpha value is -1.62. The average molecular weight is 235 g/mol. The molecule has 1 aromatic heterocycles. The van der Waals surface area contributed by atoms with Crippen LogP contribution in [-0.2, 0) is 0 Å². The van der Waals surface area contributed by atoms with Crippen LogP contribution in [0.25, 0.3) is 0 Å². The van der Waals surface area contributed by atoms with Gasteiger partial charge in [0.25, 0.3) is 5.91 Å². The van der Waals surface area contributed by atoms with Crippen LogP contribution in [0.1, 0.15) is 28.8 Å². The highest BCUT2D eigenvalue weighted by Gasteiger charge is 2.19. The topological polar surface area (TPSA) is 77.2 Å². The van der Waals surface area contributed by atoms with Gasteiger partial charge >= 0.3 is 0 Å². The highest BCUT2D eigenvalue weighted by atomic mass is 16.5. The van der Waals surface area contributed by atoms with Crippen LogP contribution in [0.2, 0.25) is 0 Å². The van der Waals surface area contributed by atoms with E-state index in [1.54, 1.807) is 12.3 Å². The van der Waals surface area contributed by atoms with Crippen LogP contribution < -0.4 is 15.8 Å². The molecular formula is C12H17N3O2. The zero-order chi connectivity index (χ0) is 12.3. The smallest absolute Gasteiger partial charge is 0.254 e. The molecule has 2 rings (SSSR count). The molecule has 1 atom stereocenters. The van der Waals surface area contributed by atoms with Gasteiger partial charge in [0, 0.05) is 12.7 Å². The Labute approximate surface area is 100 Å². The molecule has 5 heteroatoms. The number of primary amides is 1. The number of nitrogens with two attached hydrogens (primary N) is 1. The van der Waals surface area contributed by atoms with Crippen LogP contribution in [0.4, 0.5) is 0 Å². The number of ether oxygens (including phenoxy) is 1. The highest BCUT2D eigenvalue weighted by molar-refractivity contribution is 5.96. The van der Waals surface area contributed by atoms with Crippen molar-refractivity contribution in [2.75, 3.05) is 13.1 Å². The number of hydrogen-bond donors (Lipinski definition) is 2. The van der Waals surface area contributed by atoms with Crippen molar-refractivity contribution >= 4 is 5.91 Å². The van der Waals surface area contributed by atoms with Crippen LogP contribution >= 0.6 is 0 Å². The number of aromatic nitrogens is 1. The van der Waals surface area contributed by atoms with Crippen molar-refractivity contribution in [2.45, 2.75) is 25.9 Å². The predicted molar refractivity (Wildman–Crippen MR) is 64.0 cm³/mol. The normalized spacial score (nSPS) is 19.9. The summed E-state index contributed by atoms with van der Waals surface area (Å²) in [5, 5.41) is 3.25. The maximum atomic E-state index is 11.4. The number of pyridine rings is 1. The summed E-state index contributed by atoms with van der Waals surface area (Å²) in [6.07, 6.45) is 3.74. The molecule has 1 aromatic rings. The lowest BCUT2D eigenvalue weighted by Crippen LogP contribution is -2.37. The van der Waals surface area contributed by atoms with E-state index in [-0.39, 0.29) is 6.10 Å². The molecule has 1 fully saturated rings. The highest BCUT2D eigenvalue weighted by Crippen LogP contribution is 2.21. The Morgan fingerprint density at radius 2 is 2.47 bits per heavy atom. The number of rotatable bonds is 3. The van der Waals surface area contributed by atoms with Crippen molar-refractivity contribution in [3.8, 4) is 5.88 Å². The first kappa shape index (κ1) is 11.9. The molecule has 5 nitrogen and oxygen atoms in total. The minimum Gasteiger partial charge on any atom is -0.472 e. The summed E-state index contributed by atoms with van der Waals surface area (Å²) in [6, 6.07) is 1.76. The monoisotopic (exact) mass is 235 g/mol. The molecule has 0 radical (unpaired) electrons. The van der Waals surface area contributed by atoms with Gasteiger partial charge in [0.15, 0.2) is 0 Å². The number of hydrogen-bond acceptors (Lipinski definition) is 4. The van der Waals surface area contributed by atoms with Gasteiger partial charge in [-0.15, -0.1) is 0 Å². The summed E-state index contributed by atoms with van der Waals surface area (Å²) in [4.78, 5) is 15.5. The molecule has 92 valence electrons. The average Bonchev–Trinajstić information content (AvgIpc) is 2.30. The molecule has 0 aliphatic carbocycles. The van der Waals surface area contributed by atoms with Crippen molar-refractivity contribution in [3.05, 3.63) is 23.4 Å². The zero-order valence-corrected chi connectivity index (χ0v) is 9.90. The van der Waals surface area contributed by atoms with Crippen molar-refractivity contribution < 1.29 is 9.53 Å². The van der Waals surface area contributed by atoms with E-state index in [9.17, 15) is 4.79 Å². The number of nitrogens with zero attached hydrogens (tertiary/aromatic N) is 1. The van der Waals surface area contributed by atoms with Crippen molar-refractivity contribution in [1.82, 2.24) is 10.3 Å². The molecule has 3 N–H and O–H groups in total.